The van der Waals surface area contributed by atoms with E-state index in [2.05, 4.69) is 64.6 Å². The van der Waals surface area contributed by atoms with Gasteiger partial charge < -0.3 is 14.5 Å². The number of benzene rings is 2. The Kier molecular flexibility index (Phi) is 9.10. The highest BCUT2D eigenvalue weighted by Crippen LogP contribution is 2.19. The summed E-state index contributed by atoms with van der Waals surface area (Å²) in [7, 11) is 0. The number of nitrogens with zero attached hydrogens (tertiary/aromatic N) is 1. The second kappa shape index (κ2) is 12.7. The lowest BCUT2D eigenvalue weighted by Gasteiger charge is -2.26. The Morgan fingerprint density at radius 3 is 2.71 bits per heavy atom. The van der Waals surface area contributed by atoms with Gasteiger partial charge in [0.1, 0.15) is 0 Å². The molecule has 1 saturated heterocycles. The van der Waals surface area contributed by atoms with Crippen molar-refractivity contribution in [3.63, 3.8) is 0 Å². The van der Waals surface area contributed by atoms with Crippen LogP contribution >= 0.6 is 0 Å². The van der Waals surface area contributed by atoms with Gasteiger partial charge in [-0.05, 0) is 54.9 Å². The number of carbonyl (C=O) groups excluding carboxylic acids is 1. The molecule has 1 amide bonds. The van der Waals surface area contributed by atoms with E-state index in [1.807, 2.05) is 0 Å². The molecule has 4 rings (SSSR count). The monoisotopic (exact) mass is 465 g/mol. The van der Waals surface area contributed by atoms with Crippen molar-refractivity contribution < 1.29 is 19.5 Å². The largest absolute Gasteiger partial charge is 0.361 e. The second-order valence-electron chi connectivity index (χ2n) is 8.90. The molecule has 34 heavy (non-hydrogen) atoms. The molecule has 1 unspecified atom stereocenters. The van der Waals surface area contributed by atoms with E-state index in [4.69, 9.17) is 14.7 Å². The first-order valence-electron chi connectivity index (χ1n) is 12.2. The van der Waals surface area contributed by atoms with Gasteiger partial charge in [0.25, 0.3) is 0 Å². The number of amides is 1. The van der Waals surface area contributed by atoms with E-state index in [1.165, 1.54) is 28.5 Å². The highest BCUT2D eigenvalue weighted by Gasteiger charge is 2.15. The topological polar surface area (TPSA) is 86.8 Å². The Labute approximate surface area is 201 Å². The molecular formula is C27H35N3O4. The van der Waals surface area contributed by atoms with E-state index < -0.39 is 0 Å². The number of nitrogens with one attached hydrogen (secondary N) is 2. The quantitative estimate of drug-likeness (QED) is 0.276. The molecular weight excluding hydrogens is 430 g/mol. The highest BCUT2D eigenvalue weighted by molar-refractivity contribution is 5.83. The normalized spacial score (nSPS) is 16.2. The van der Waals surface area contributed by atoms with Crippen LogP contribution in [0.15, 0.2) is 54.7 Å². The number of ether oxygens (including phenoxy) is 2. The molecule has 0 aliphatic carbocycles. The Hall–Kier alpha value is -2.71. The number of hydrogen-bond acceptors (Lipinski definition) is 5. The number of rotatable bonds is 12. The number of para-hydroxylation sites is 1. The number of aryl methyl sites for hydroxylation is 1. The molecule has 2 heterocycles. The highest BCUT2D eigenvalue weighted by atomic mass is 16.7. The Balaban J connectivity index is 1.35. The van der Waals surface area contributed by atoms with Gasteiger partial charge >= 0.3 is 0 Å². The molecule has 1 aromatic heterocycles. The maximum atomic E-state index is 11.3. The molecule has 1 fully saturated rings. The van der Waals surface area contributed by atoms with Crippen LogP contribution in [0.1, 0.15) is 42.4 Å². The zero-order chi connectivity index (χ0) is 23.6. The van der Waals surface area contributed by atoms with Crippen molar-refractivity contribution in [3.05, 3.63) is 71.4 Å². The predicted molar refractivity (Wildman–Crippen MR) is 132 cm³/mol. The molecule has 182 valence electrons. The fourth-order valence-electron chi connectivity index (χ4n) is 4.43. The summed E-state index contributed by atoms with van der Waals surface area (Å²) in [6.45, 7) is 4.03. The Morgan fingerprint density at radius 2 is 1.91 bits per heavy atom. The average molecular weight is 466 g/mol. The molecule has 1 atom stereocenters. The van der Waals surface area contributed by atoms with E-state index in [0.717, 1.165) is 51.1 Å². The number of hydrogen-bond donors (Lipinski definition) is 3. The lowest BCUT2D eigenvalue weighted by Crippen LogP contribution is -2.32. The summed E-state index contributed by atoms with van der Waals surface area (Å²) in [5.74, 6) is -0.366. The molecule has 0 radical (unpaired) electrons. The first-order chi connectivity index (χ1) is 16.7. The van der Waals surface area contributed by atoms with Gasteiger partial charge in [-0.25, -0.2) is 5.48 Å². The maximum Gasteiger partial charge on any atom is 0.243 e. The van der Waals surface area contributed by atoms with Gasteiger partial charge in [0.2, 0.25) is 5.91 Å². The minimum atomic E-state index is -0.366. The van der Waals surface area contributed by atoms with Crippen molar-refractivity contribution in [2.45, 2.75) is 51.4 Å². The van der Waals surface area contributed by atoms with Gasteiger partial charge in [-0.15, -0.1) is 0 Å². The van der Waals surface area contributed by atoms with E-state index >= 15 is 0 Å². The van der Waals surface area contributed by atoms with E-state index in [1.54, 1.807) is 5.48 Å². The molecule has 1 aliphatic heterocycles. The first kappa shape index (κ1) is 24.4. The summed E-state index contributed by atoms with van der Waals surface area (Å²) in [6.07, 6.45) is 7.15. The average Bonchev–Trinajstić information content (AvgIpc) is 3.30. The minimum Gasteiger partial charge on any atom is -0.361 e. The third kappa shape index (κ3) is 7.14. The third-order valence-corrected chi connectivity index (χ3v) is 6.42. The molecule has 0 bridgehead atoms. The van der Waals surface area contributed by atoms with Crippen molar-refractivity contribution in [1.29, 1.82) is 0 Å². The standard InChI is InChI=1S/C27H35N3O4/c31-26(29-32)13-12-21-8-10-22(11-9-21)20-30(16-18-34-27-7-3-4-17-33-27)15-14-23-19-28-25-6-2-1-5-24(23)25/h1-2,5-6,8-11,19,27-28,32H,3-4,7,12-18,20H2,(H,29,31). The van der Waals surface area contributed by atoms with Gasteiger partial charge in [0.15, 0.2) is 6.29 Å². The lowest BCUT2D eigenvalue weighted by molar-refractivity contribution is -0.164. The van der Waals surface area contributed by atoms with Crippen molar-refractivity contribution >= 4 is 16.8 Å². The molecule has 7 heteroatoms. The van der Waals surface area contributed by atoms with Crippen LogP contribution in [0, 0.1) is 0 Å². The maximum absolute atomic E-state index is 11.3. The summed E-state index contributed by atoms with van der Waals surface area (Å²) in [4.78, 5) is 17.1. The number of aromatic nitrogens is 1. The number of carbonyl (C=O) groups is 1. The number of H-pyrrole nitrogens is 1. The van der Waals surface area contributed by atoms with Crippen molar-refractivity contribution in [2.75, 3.05) is 26.3 Å². The fourth-order valence-corrected chi connectivity index (χ4v) is 4.43. The molecule has 1 aliphatic rings. The van der Waals surface area contributed by atoms with Gasteiger partial charge in [-0.2, -0.15) is 0 Å². The van der Waals surface area contributed by atoms with Crippen LogP contribution in [0.2, 0.25) is 0 Å². The van der Waals surface area contributed by atoms with Gasteiger partial charge in [-0.1, -0.05) is 42.5 Å². The summed E-state index contributed by atoms with van der Waals surface area (Å²) >= 11 is 0. The van der Waals surface area contributed by atoms with Crippen molar-refractivity contribution in [2.24, 2.45) is 0 Å². The predicted octanol–water partition coefficient (Wildman–Crippen LogP) is 4.19. The number of fused-ring (bicyclic) bond motifs is 1. The fraction of sp³-hybridized carbons (Fsp3) is 0.444. The summed E-state index contributed by atoms with van der Waals surface area (Å²) in [5.41, 5.74) is 6.49. The van der Waals surface area contributed by atoms with Crippen LogP contribution in [0.25, 0.3) is 10.9 Å². The first-order valence-corrected chi connectivity index (χ1v) is 12.2. The SMILES string of the molecule is O=C(CCc1ccc(CN(CCOC2CCCCO2)CCc2c[nH]c3ccccc23)cc1)NO. The van der Waals surface area contributed by atoms with Crippen LogP contribution in [0.5, 0.6) is 0 Å². The van der Waals surface area contributed by atoms with Crippen molar-refractivity contribution in [3.8, 4) is 0 Å². The Morgan fingerprint density at radius 1 is 1.09 bits per heavy atom. The van der Waals surface area contributed by atoms with E-state index in [-0.39, 0.29) is 18.6 Å². The van der Waals surface area contributed by atoms with E-state index in [0.29, 0.717) is 13.0 Å². The Bertz CT molecular complexity index is 1030. The lowest BCUT2D eigenvalue weighted by atomic mass is 10.1. The molecule has 7 nitrogen and oxygen atoms in total. The van der Waals surface area contributed by atoms with Gasteiger partial charge in [0, 0.05) is 49.8 Å². The van der Waals surface area contributed by atoms with Crippen LogP contribution < -0.4 is 5.48 Å². The zero-order valence-electron chi connectivity index (χ0n) is 19.7. The number of aromatic amines is 1. The summed E-state index contributed by atoms with van der Waals surface area (Å²) < 4.78 is 11.7. The summed E-state index contributed by atoms with van der Waals surface area (Å²) in [6, 6.07) is 16.8. The smallest absolute Gasteiger partial charge is 0.243 e. The third-order valence-electron chi connectivity index (χ3n) is 6.42. The van der Waals surface area contributed by atoms with Gasteiger partial charge in [-0.3, -0.25) is 14.9 Å². The van der Waals surface area contributed by atoms with Crippen LogP contribution in [-0.4, -0.2) is 53.6 Å². The van der Waals surface area contributed by atoms with E-state index in [9.17, 15) is 4.79 Å². The number of hydroxylamine groups is 1. The molecule has 0 spiro atoms. The van der Waals surface area contributed by atoms with Crippen LogP contribution in [0.4, 0.5) is 0 Å². The van der Waals surface area contributed by atoms with Crippen LogP contribution in [-0.2, 0) is 33.7 Å². The summed E-state index contributed by atoms with van der Waals surface area (Å²) in [5, 5.41) is 9.95. The minimum absolute atomic E-state index is 0.0698. The van der Waals surface area contributed by atoms with Gasteiger partial charge in [0.05, 0.1) is 6.61 Å². The molecule has 0 saturated carbocycles. The van der Waals surface area contributed by atoms with Crippen molar-refractivity contribution in [1.82, 2.24) is 15.4 Å². The molecule has 3 N–H and O–H groups in total. The second-order valence-corrected chi connectivity index (χ2v) is 8.90. The molecule has 3 aromatic rings. The zero-order valence-corrected chi connectivity index (χ0v) is 19.7. The van der Waals surface area contributed by atoms with Crippen LogP contribution in [0.3, 0.4) is 0 Å². The molecule has 2 aromatic carbocycles.